The van der Waals surface area contributed by atoms with Gasteiger partial charge in [0.05, 0.1) is 12.7 Å². The van der Waals surface area contributed by atoms with Crippen LogP contribution in [0.25, 0.3) is 5.57 Å². The van der Waals surface area contributed by atoms with Gasteiger partial charge in [-0.05, 0) is 64.0 Å². The molecule has 1 aromatic heterocycles. The molecule has 1 fully saturated rings. The number of nitrogens with one attached hydrogen (secondary N) is 1. The molecular formula is C31H41F3N4O5. The lowest BCUT2D eigenvalue weighted by Gasteiger charge is -2.33. The lowest BCUT2D eigenvalue weighted by Crippen LogP contribution is -2.40. The minimum absolute atomic E-state index is 0.0617. The molecule has 2 aromatic rings. The van der Waals surface area contributed by atoms with E-state index in [-0.39, 0.29) is 42.1 Å². The summed E-state index contributed by atoms with van der Waals surface area (Å²) in [5.74, 6) is -0.733. The molecule has 1 saturated heterocycles. The Hall–Kier alpha value is -3.38. The average Bonchev–Trinajstić information content (AvgIpc) is 3.37. The SMILES string of the molecule is COCCC1=C(C(=O)OC(C)C)c2n[nH]c(C(F)(F)F)c2C(C)(C)CN1C(=O)c1ccc(OCCN2CCCCC2)cc1. The molecule has 12 heteroatoms. The molecule has 4 rings (SSSR count). The van der Waals surface area contributed by atoms with Crippen LogP contribution in [-0.2, 0) is 25.9 Å². The number of nitrogens with zero attached hydrogens (tertiary/aromatic N) is 3. The molecule has 0 aliphatic carbocycles. The second kappa shape index (κ2) is 13.5. The van der Waals surface area contributed by atoms with Crippen LogP contribution in [0.2, 0.25) is 0 Å². The summed E-state index contributed by atoms with van der Waals surface area (Å²) >= 11 is 0. The first-order chi connectivity index (χ1) is 20.3. The van der Waals surface area contributed by atoms with E-state index in [1.807, 2.05) is 0 Å². The lowest BCUT2D eigenvalue weighted by atomic mass is 9.81. The molecule has 0 atom stereocenters. The number of piperidine rings is 1. The minimum Gasteiger partial charge on any atom is -0.492 e. The maximum Gasteiger partial charge on any atom is 0.433 e. The molecule has 0 unspecified atom stereocenters. The van der Waals surface area contributed by atoms with E-state index in [0.717, 1.165) is 19.6 Å². The van der Waals surface area contributed by atoms with Crippen LogP contribution in [0.4, 0.5) is 13.2 Å². The highest BCUT2D eigenvalue weighted by molar-refractivity contribution is 6.18. The van der Waals surface area contributed by atoms with Crippen LogP contribution in [-0.4, -0.2) is 84.5 Å². The van der Waals surface area contributed by atoms with Gasteiger partial charge in [-0.25, -0.2) is 4.79 Å². The number of hydrogen-bond donors (Lipinski definition) is 1. The number of fused-ring (bicyclic) bond motifs is 1. The highest BCUT2D eigenvalue weighted by Gasteiger charge is 2.47. The van der Waals surface area contributed by atoms with Crippen LogP contribution < -0.4 is 4.74 Å². The molecule has 0 bridgehead atoms. The summed E-state index contributed by atoms with van der Waals surface area (Å²) in [6.45, 7) is 9.91. The van der Waals surface area contributed by atoms with E-state index < -0.39 is 35.3 Å². The highest BCUT2D eigenvalue weighted by Crippen LogP contribution is 2.45. The number of amides is 1. The molecule has 0 radical (unpaired) electrons. The summed E-state index contributed by atoms with van der Waals surface area (Å²) in [6.07, 6.45) is -1.61. The second-order valence-electron chi connectivity index (χ2n) is 11.9. The molecule has 1 aromatic carbocycles. The molecule has 0 spiro atoms. The normalized spacial score (nSPS) is 17.6. The standard InChI is InChI=1S/C31H41F3N4O5/c1-20(2)43-29(40)24-23(13-17-41-5)38(19-30(3,4)25-26(24)35-36-27(25)31(32,33)34)28(39)21-9-11-22(12-10-21)42-18-16-37-14-7-6-8-15-37/h9-12,20H,6-8,13-19H2,1-5H3,(H,35,36). The van der Waals surface area contributed by atoms with Gasteiger partial charge in [0.1, 0.15) is 29.3 Å². The number of rotatable bonds is 10. The summed E-state index contributed by atoms with van der Waals surface area (Å²) in [6, 6.07) is 6.64. The zero-order valence-electron chi connectivity index (χ0n) is 25.5. The smallest absolute Gasteiger partial charge is 0.433 e. The second-order valence-corrected chi connectivity index (χ2v) is 11.9. The van der Waals surface area contributed by atoms with Crippen molar-refractivity contribution in [2.45, 2.75) is 71.1 Å². The molecule has 0 saturated carbocycles. The van der Waals surface area contributed by atoms with Gasteiger partial charge in [0, 0.05) is 48.9 Å². The number of benzene rings is 1. The zero-order chi connectivity index (χ0) is 31.4. The van der Waals surface area contributed by atoms with Crippen LogP contribution >= 0.6 is 0 Å². The predicted molar refractivity (Wildman–Crippen MR) is 155 cm³/mol. The highest BCUT2D eigenvalue weighted by atomic mass is 19.4. The van der Waals surface area contributed by atoms with Gasteiger partial charge in [-0.15, -0.1) is 0 Å². The summed E-state index contributed by atoms with van der Waals surface area (Å²) in [5.41, 5.74) is -2.40. The Labute approximate surface area is 250 Å². The van der Waals surface area contributed by atoms with Gasteiger partial charge in [-0.2, -0.15) is 18.3 Å². The van der Waals surface area contributed by atoms with Gasteiger partial charge in [0.2, 0.25) is 0 Å². The largest absolute Gasteiger partial charge is 0.492 e. The first-order valence-electron chi connectivity index (χ1n) is 14.7. The number of hydrogen-bond acceptors (Lipinski definition) is 7. The van der Waals surface area contributed by atoms with Crippen molar-refractivity contribution in [1.82, 2.24) is 20.0 Å². The Morgan fingerprint density at radius 3 is 2.35 bits per heavy atom. The fraction of sp³-hybridized carbons (Fsp3) is 0.581. The Bertz CT molecular complexity index is 1310. The van der Waals surface area contributed by atoms with Crippen molar-refractivity contribution in [2.75, 3.05) is 46.5 Å². The summed E-state index contributed by atoms with van der Waals surface area (Å²) < 4.78 is 59.1. The van der Waals surface area contributed by atoms with Gasteiger partial charge < -0.3 is 19.1 Å². The minimum atomic E-state index is -4.76. The van der Waals surface area contributed by atoms with E-state index in [2.05, 4.69) is 15.1 Å². The summed E-state index contributed by atoms with van der Waals surface area (Å²) in [4.78, 5) is 31.3. The van der Waals surface area contributed by atoms with Crippen molar-refractivity contribution < 1.29 is 37.0 Å². The van der Waals surface area contributed by atoms with Crippen molar-refractivity contribution >= 4 is 17.4 Å². The molecule has 1 N–H and O–H groups in total. The molecule has 2 aliphatic rings. The predicted octanol–water partition coefficient (Wildman–Crippen LogP) is 5.43. The Morgan fingerprint density at radius 1 is 1.07 bits per heavy atom. The molecular weight excluding hydrogens is 565 g/mol. The molecule has 9 nitrogen and oxygen atoms in total. The molecule has 3 heterocycles. The molecule has 236 valence electrons. The number of carbonyl (C=O) groups excluding carboxylic acids is 2. The topological polar surface area (TPSA) is 97.0 Å². The molecule has 43 heavy (non-hydrogen) atoms. The first kappa shape index (κ1) is 32.5. The monoisotopic (exact) mass is 606 g/mol. The van der Waals surface area contributed by atoms with Crippen LogP contribution in [0.1, 0.15) is 80.7 Å². The van der Waals surface area contributed by atoms with Crippen molar-refractivity contribution in [1.29, 1.82) is 0 Å². The van der Waals surface area contributed by atoms with Crippen molar-refractivity contribution in [2.24, 2.45) is 0 Å². The number of H-pyrrole nitrogens is 1. The van der Waals surface area contributed by atoms with Gasteiger partial charge in [-0.1, -0.05) is 20.3 Å². The van der Waals surface area contributed by atoms with Crippen LogP contribution in [0.5, 0.6) is 5.75 Å². The lowest BCUT2D eigenvalue weighted by molar-refractivity contribution is -0.142. The van der Waals surface area contributed by atoms with Gasteiger partial charge >= 0.3 is 12.1 Å². The van der Waals surface area contributed by atoms with Crippen molar-refractivity contribution in [3.8, 4) is 5.75 Å². The van der Waals surface area contributed by atoms with Crippen LogP contribution in [0.3, 0.4) is 0 Å². The maximum atomic E-state index is 14.2. The number of ether oxygens (including phenoxy) is 3. The number of aromatic nitrogens is 2. The van der Waals surface area contributed by atoms with Crippen molar-refractivity contribution in [3.63, 3.8) is 0 Å². The fourth-order valence-electron chi connectivity index (χ4n) is 5.69. The molecule has 1 amide bonds. The zero-order valence-corrected chi connectivity index (χ0v) is 25.5. The van der Waals surface area contributed by atoms with E-state index in [9.17, 15) is 22.8 Å². The number of likely N-dealkylation sites (tertiary alicyclic amines) is 1. The fourth-order valence-corrected chi connectivity index (χ4v) is 5.69. The molecule has 2 aliphatic heterocycles. The van der Waals surface area contributed by atoms with E-state index in [0.29, 0.717) is 17.9 Å². The Morgan fingerprint density at radius 2 is 1.74 bits per heavy atom. The van der Waals surface area contributed by atoms with E-state index in [1.54, 1.807) is 52.0 Å². The van der Waals surface area contributed by atoms with Crippen LogP contribution in [0, 0.1) is 0 Å². The van der Waals surface area contributed by atoms with E-state index in [4.69, 9.17) is 14.2 Å². The van der Waals surface area contributed by atoms with Crippen molar-refractivity contribution in [3.05, 3.63) is 52.5 Å². The van der Waals surface area contributed by atoms with E-state index in [1.165, 1.54) is 31.3 Å². The third-order valence-electron chi connectivity index (χ3n) is 7.69. The van der Waals surface area contributed by atoms with Gasteiger partial charge in [0.25, 0.3) is 5.91 Å². The van der Waals surface area contributed by atoms with Gasteiger partial charge in [-0.3, -0.25) is 14.8 Å². The first-order valence-corrected chi connectivity index (χ1v) is 14.7. The van der Waals surface area contributed by atoms with Gasteiger partial charge in [0.15, 0.2) is 0 Å². The number of carbonyl (C=O) groups is 2. The summed E-state index contributed by atoms with van der Waals surface area (Å²) in [7, 11) is 1.46. The Balaban J connectivity index is 1.70. The number of halogens is 3. The summed E-state index contributed by atoms with van der Waals surface area (Å²) in [5, 5.41) is 6.09. The maximum absolute atomic E-state index is 14.2. The number of methoxy groups -OCH3 is 1. The third-order valence-corrected chi connectivity index (χ3v) is 7.69. The number of aromatic amines is 1. The Kier molecular flexibility index (Phi) is 10.2. The number of alkyl halides is 3. The number of esters is 1. The quantitative estimate of drug-likeness (QED) is 0.361. The van der Waals surface area contributed by atoms with E-state index >= 15 is 0 Å². The van der Waals surface area contributed by atoms with Crippen LogP contribution in [0.15, 0.2) is 30.0 Å². The third kappa shape index (κ3) is 7.59. The average molecular weight is 607 g/mol.